The fourth-order valence-corrected chi connectivity index (χ4v) is 3.18. The van der Waals surface area contributed by atoms with Crippen molar-refractivity contribution in [2.75, 3.05) is 6.61 Å². The SMILES string of the molecule is C1=CC2CCOC3C=CCCC3C2C=C1. The van der Waals surface area contributed by atoms with Crippen LogP contribution in [0, 0.1) is 17.8 Å². The Labute approximate surface area is 91.5 Å². The number of fused-ring (bicyclic) bond motifs is 3. The van der Waals surface area contributed by atoms with E-state index < -0.39 is 0 Å². The number of allylic oxidation sites excluding steroid dienone is 5. The molecule has 0 spiro atoms. The second kappa shape index (κ2) is 3.97. The highest BCUT2D eigenvalue weighted by Gasteiger charge is 2.35. The van der Waals surface area contributed by atoms with E-state index in [1.807, 2.05) is 0 Å². The number of hydrogen-bond acceptors (Lipinski definition) is 1. The average molecular weight is 202 g/mol. The van der Waals surface area contributed by atoms with Crippen LogP contribution in [0.25, 0.3) is 0 Å². The quantitative estimate of drug-likeness (QED) is 0.548. The topological polar surface area (TPSA) is 9.23 Å². The molecule has 1 heteroatoms. The van der Waals surface area contributed by atoms with Crippen LogP contribution in [0.5, 0.6) is 0 Å². The van der Waals surface area contributed by atoms with Crippen LogP contribution in [0.1, 0.15) is 19.3 Å². The summed E-state index contributed by atoms with van der Waals surface area (Å²) in [5, 5.41) is 0. The zero-order chi connectivity index (χ0) is 10.1. The van der Waals surface area contributed by atoms with Crippen molar-refractivity contribution in [2.24, 2.45) is 17.8 Å². The molecular formula is C14H18O. The first kappa shape index (κ1) is 9.41. The number of rotatable bonds is 0. The van der Waals surface area contributed by atoms with Gasteiger partial charge in [0.1, 0.15) is 0 Å². The van der Waals surface area contributed by atoms with Crippen LogP contribution in [-0.2, 0) is 4.74 Å². The van der Waals surface area contributed by atoms with E-state index in [1.165, 1.54) is 19.3 Å². The molecule has 0 aromatic rings. The van der Waals surface area contributed by atoms with Gasteiger partial charge in [0.15, 0.2) is 0 Å². The van der Waals surface area contributed by atoms with Crippen molar-refractivity contribution in [3.63, 3.8) is 0 Å². The van der Waals surface area contributed by atoms with Gasteiger partial charge in [0.2, 0.25) is 0 Å². The molecule has 0 N–H and O–H groups in total. The maximum Gasteiger partial charge on any atom is 0.0789 e. The van der Waals surface area contributed by atoms with Gasteiger partial charge in [-0.2, -0.15) is 0 Å². The molecule has 1 heterocycles. The van der Waals surface area contributed by atoms with Gasteiger partial charge >= 0.3 is 0 Å². The molecule has 4 atom stereocenters. The molecule has 1 aliphatic heterocycles. The van der Waals surface area contributed by atoms with Crippen LogP contribution in [0.2, 0.25) is 0 Å². The zero-order valence-electron chi connectivity index (χ0n) is 9.01. The summed E-state index contributed by atoms with van der Waals surface area (Å²) in [7, 11) is 0. The first-order valence-corrected chi connectivity index (χ1v) is 6.08. The van der Waals surface area contributed by atoms with Gasteiger partial charge in [-0.1, -0.05) is 36.5 Å². The molecule has 80 valence electrons. The summed E-state index contributed by atoms with van der Waals surface area (Å²) in [6, 6.07) is 0. The summed E-state index contributed by atoms with van der Waals surface area (Å²) in [6.07, 6.45) is 17.8. The van der Waals surface area contributed by atoms with Crippen molar-refractivity contribution in [2.45, 2.75) is 25.4 Å². The highest BCUT2D eigenvalue weighted by atomic mass is 16.5. The van der Waals surface area contributed by atoms with Gasteiger partial charge in [-0.3, -0.25) is 0 Å². The fourth-order valence-electron chi connectivity index (χ4n) is 3.18. The zero-order valence-corrected chi connectivity index (χ0v) is 9.01. The lowest BCUT2D eigenvalue weighted by Crippen LogP contribution is -2.30. The van der Waals surface area contributed by atoms with Crippen molar-refractivity contribution in [3.05, 3.63) is 36.5 Å². The predicted molar refractivity (Wildman–Crippen MR) is 61.5 cm³/mol. The van der Waals surface area contributed by atoms with E-state index in [4.69, 9.17) is 4.74 Å². The molecule has 0 amide bonds. The lowest BCUT2D eigenvalue weighted by atomic mass is 9.73. The van der Waals surface area contributed by atoms with Gasteiger partial charge in [-0.15, -0.1) is 0 Å². The second-order valence-corrected chi connectivity index (χ2v) is 4.80. The lowest BCUT2D eigenvalue weighted by Gasteiger charge is -2.33. The Morgan fingerprint density at radius 1 is 1.00 bits per heavy atom. The molecule has 15 heavy (non-hydrogen) atoms. The monoisotopic (exact) mass is 202 g/mol. The normalized spacial score (nSPS) is 43.2. The Morgan fingerprint density at radius 3 is 2.93 bits per heavy atom. The third-order valence-electron chi connectivity index (χ3n) is 3.97. The van der Waals surface area contributed by atoms with Gasteiger partial charge in [0.25, 0.3) is 0 Å². The third-order valence-corrected chi connectivity index (χ3v) is 3.97. The van der Waals surface area contributed by atoms with E-state index in [0.717, 1.165) is 12.5 Å². The van der Waals surface area contributed by atoms with Gasteiger partial charge < -0.3 is 4.74 Å². The molecule has 4 unspecified atom stereocenters. The first-order valence-electron chi connectivity index (χ1n) is 6.08. The van der Waals surface area contributed by atoms with Crippen LogP contribution < -0.4 is 0 Å². The summed E-state index contributed by atoms with van der Waals surface area (Å²) >= 11 is 0. The molecule has 3 aliphatic rings. The minimum atomic E-state index is 0.380. The highest BCUT2D eigenvalue weighted by Crippen LogP contribution is 2.39. The molecule has 2 aliphatic carbocycles. The molecule has 1 nitrogen and oxygen atoms in total. The average Bonchev–Trinajstić information content (AvgIpc) is 2.48. The Bertz CT molecular complexity index is 313. The smallest absolute Gasteiger partial charge is 0.0789 e. The summed E-state index contributed by atoms with van der Waals surface area (Å²) < 4.78 is 5.94. The van der Waals surface area contributed by atoms with Gasteiger partial charge in [-0.25, -0.2) is 0 Å². The summed E-state index contributed by atoms with van der Waals surface area (Å²) in [5.41, 5.74) is 0. The highest BCUT2D eigenvalue weighted by molar-refractivity contribution is 5.18. The molecule has 3 rings (SSSR count). The molecule has 0 bridgehead atoms. The lowest BCUT2D eigenvalue weighted by molar-refractivity contribution is 0.0453. The molecule has 0 aromatic heterocycles. The van der Waals surface area contributed by atoms with Crippen LogP contribution >= 0.6 is 0 Å². The van der Waals surface area contributed by atoms with E-state index in [9.17, 15) is 0 Å². The van der Waals surface area contributed by atoms with Crippen molar-refractivity contribution in [1.82, 2.24) is 0 Å². The van der Waals surface area contributed by atoms with Crippen LogP contribution in [0.4, 0.5) is 0 Å². The van der Waals surface area contributed by atoms with Gasteiger partial charge in [-0.05, 0) is 37.0 Å². The molecule has 0 aromatic carbocycles. The summed E-state index contributed by atoms with van der Waals surface area (Å²) in [6.45, 7) is 0.921. The van der Waals surface area contributed by atoms with E-state index in [1.54, 1.807) is 0 Å². The Kier molecular flexibility index (Phi) is 2.49. The van der Waals surface area contributed by atoms with Crippen LogP contribution in [-0.4, -0.2) is 12.7 Å². The van der Waals surface area contributed by atoms with E-state index in [-0.39, 0.29) is 0 Å². The minimum Gasteiger partial charge on any atom is -0.374 e. The fraction of sp³-hybridized carbons (Fsp3) is 0.571. The summed E-state index contributed by atoms with van der Waals surface area (Å²) in [5.74, 6) is 2.15. The minimum absolute atomic E-state index is 0.380. The molecule has 0 saturated carbocycles. The first-order chi connectivity index (χ1) is 7.45. The van der Waals surface area contributed by atoms with Crippen LogP contribution in [0.3, 0.4) is 0 Å². The van der Waals surface area contributed by atoms with Gasteiger partial charge in [0.05, 0.1) is 6.10 Å². The van der Waals surface area contributed by atoms with Gasteiger partial charge in [0, 0.05) is 6.61 Å². The standard InChI is InChI=1S/C14H18O/c1-2-6-12-11(5-1)9-10-15-14-8-4-3-7-13(12)14/h1-2,4-6,8,11-14H,3,7,9-10H2. The predicted octanol–water partition coefficient (Wildman–Crippen LogP) is 3.10. The molecular weight excluding hydrogens is 184 g/mol. The molecule has 1 saturated heterocycles. The Morgan fingerprint density at radius 2 is 1.93 bits per heavy atom. The van der Waals surface area contributed by atoms with E-state index in [0.29, 0.717) is 17.9 Å². The Hall–Kier alpha value is -0.820. The largest absolute Gasteiger partial charge is 0.374 e. The van der Waals surface area contributed by atoms with Crippen molar-refractivity contribution in [1.29, 1.82) is 0 Å². The number of hydrogen-bond donors (Lipinski definition) is 0. The van der Waals surface area contributed by atoms with Crippen LogP contribution in [0.15, 0.2) is 36.5 Å². The maximum absolute atomic E-state index is 5.94. The number of ether oxygens (including phenoxy) is 1. The summed E-state index contributed by atoms with van der Waals surface area (Å²) in [4.78, 5) is 0. The second-order valence-electron chi connectivity index (χ2n) is 4.80. The van der Waals surface area contributed by atoms with E-state index >= 15 is 0 Å². The maximum atomic E-state index is 5.94. The van der Waals surface area contributed by atoms with Crippen molar-refractivity contribution >= 4 is 0 Å². The molecule has 1 fully saturated rings. The molecule has 0 radical (unpaired) electrons. The van der Waals surface area contributed by atoms with Crippen molar-refractivity contribution < 1.29 is 4.74 Å². The van der Waals surface area contributed by atoms with Crippen molar-refractivity contribution in [3.8, 4) is 0 Å². The van der Waals surface area contributed by atoms with E-state index in [2.05, 4.69) is 36.5 Å². The third kappa shape index (κ3) is 1.69. The Balaban J connectivity index is 1.89.